The first-order valence-electron chi connectivity index (χ1n) is 4.73. The van der Waals surface area contributed by atoms with Gasteiger partial charge in [-0.2, -0.15) is 0 Å². The van der Waals surface area contributed by atoms with Crippen LogP contribution < -0.4 is 5.32 Å². The highest BCUT2D eigenvalue weighted by Gasteiger charge is 2.22. The van der Waals surface area contributed by atoms with Crippen molar-refractivity contribution in [2.75, 3.05) is 26.9 Å². The van der Waals surface area contributed by atoms with E-state index in [1.165, 1.54) is 0 Å². The first-order valence-corrected chi connectivity index (χ1v) is 4.73. The van der Waals surface area contributed by atoms with Gasteiger partial charge in [0.05, 0.1) is 6.61 Å². The molecule has 76 valence electrons. The zero-order valence-electron chi connectivity index (χ0n) is 8.04. The van der Waals surface area contributed by atoms with Crippen LogP contribution in [0.25, 0.3) is 0 Å². The average Bonchev–Trinajstić information content (AvgIpc) is 2.65. The molecular weight excluding hydrogens is 170 g/mol. The molecule has 1 aliphatic heterocycles. The van der Waals surface area contributed by atoms with Gasteiger partial charge in [0.1, 0.15) is 6.04 Å². The number of ether oxygens (including phenoxy) is 2. The van der Waals surface area contributed by atoms with E-state index in [2.05, 4.69) is 5.32 Å². The highest BCUT2D eigenvalue weighted by atomic mass is 16.5. The summed E-state index contributed by atoms with van der Waals surface area (Å²) in [6, 6.07) is -0.0671. The van der Waals surface area contributed by atoms with Gasteiger partial charge < -0.3 is 14.8 Å². The summed E-state index contributed by atoms with van der Waals surface area (Å²) in [4.78, 5) is 11.3. The van der Waals surface area contributed by atoms with E-state index in [1.54, 1.807) is 7.11 Å². The summed E-state index contributed by atoms with van der Waals surface area (Å²) >= 11 is 0. The second kappa shape index (κ2) is 5.94. The van der Waals surface area contributed by atoms with E-state index in [0.717, 1.165) is 25.8 Å². The third kappa shape index (κ3) is 3.74. The summed E-state index contributed by atoms with van der Waals surface area (Å²) < 4.78 is 9.89. The molecule has 0 spiro atoms. The molecule has 4 heteroatoms. The lowest BCUT2D eigenvalue weighted by atomic mass is 10.2. The second-order valence-corrected chi connectivity index (χ2v) is 3.16. The molecule has 1 saturated heterocycles. The lowest BCUT2D eigenvalue weighted by Gasteiger charge is -2.09. The van der Waals surface area contributed by atoms with Crippen LogP contribution in [0.5, 0.6) is 0 Å². The highest BCUT2D eigenvalue weighted by Crippen LogP contribution is 2.06. The second-order valence-electron chi connectivity index (χ2n) is 3.16. The van der Waals surface area contributed by atoms with Gasteiger partial charge in [-0.15, -0.1) is 0 Å². The molecule has 4 nitrogen and oxygen atoms in total. The van der Waals surface area contributed by atoms with Gasteiger partial charge in [0.2, 0.25) is 0 Å². The van der Waals surface area contributed by atoms with Crippen molar-refractivity contribution < 1.29 is 14.3 Å². The molecule has 0 amide bonds. The third-order valence-corrected chi connectivity index (χ3v) is 2.08. The Bertz CT molecular complexity index is 155. The summed E-state index contributed by atoms with van der Waals surface area (Å²) in [7, 11) is 1.64. The fourth-order valence-electron chi connectivity index (χ4n) is 1.36. The predicted molar refractivity (Wildman–Crippen MR) is 48.5 cm³/mol. The maximum Gasteiger partial charge on any atom is 0.323 e. The minimum atomic E-state index is -0.117. The molecule has 1 aliphatic rings. The highest BCUT2D eigenvalue weighted by molar-refractivity contribution is 5.76. The van der Waals surface area contributed by atoms with E-state index in [0.29, 0.717) is 13.2 Å². The van der Waals surface area contributed by atoms with Crippen molar-refractivity contribution in [1.29, 1.82) is 0 Å². The van der Waals surface area contributed by atoms with Crippen molar-refractivity contribution in [3.05, 3.63) is 0 Å². The van der Waals surface area contributed by atoms with Crippen LogP contribution in [0.15, 0.2) is 0 Å². The fourth-order valence-corrected chi connectivity index (χ4v) is 1.36. The summed E-state index contributed by atoms with van der Waals surface area (Å²) in [5.74, 6) is -0.117. The SMILES string of the molecule is COCCCOC(=O)[C@@H]1CCCN1. The minimum Gasteiger partial charge on any atom is -0.464 e. The molecule has 1 rings (SSSR count). The molecule has 0 saturated carbocycles. The Labute approximate surface area is 78.6 Å². The molecule has 1 atom stereocenters. The van der Waals surface area contributed by atoms with Crippen LogP contribution in [-0.4, -0.2) is 38.9 Å². The van der Waals surface area contributed by atoms with Crippen LogP contribution in [0.1, 0.15) is 19.3 Å². The molecule has 0 bridgehead atoms. The third-order valence-electron chi connectivity index (χ3n) is 2.08. The molecule has 0 radical (unpaired) electrons. The zero-order valence-corrected chi connectivity index (χ0v) is 8.04. The molecule has 1 heterocycles. The number of nitrogens with one attached hydrogen (secondary N) is 1. The van der Waals surface area contributed by atoms with Crippen LogP contribution in [0, 0.1) is 0 Å². The van der Waals surface area contributed by atoms with Gasteiger partial charge in [0, 0.05) is 20.1 Å². The molecule has 13 heavy (non-hydrogen) atoms. The fraction of sp³-hybridized carbons (Fsp3) is 0.889. The van der Waals surface area contributed by atoms with E-state index in [1.807, 2.05) is 0 Å². The van der Waals surface area contributed by atoms with Crippen molar-refractivity contribution in [3.8, 4) is 0 Å². The molecular formula is C9H17NO3. The van der Waals surface area contributed by atoms with Crippen molar-refractivity contribution in [2.24, 2.45) is 0 Å². The van der Waals surface area contributed by atoms with Crippen LogP contribution >= 0.6 is 0 Å². The van der Waals surface area contributed by atoms with Crippen molar-refractivity contribution in [3.63, 3.8) is 0 Å². The Morgan fingerprint density at radius 3 is 3.00 bits per heavy atom. The Kier molecular flexibility index (Phi) is 4.78. The van der Waals surface area contributed by atoms with Gasteiger partial charge in [-0.1, -0.05) is 0 Å². The van der Waals surface area contributed by atoms with Gasteiger partial charge in [0.25, 0.3) is 0 Å². The molecule has 0 aromatic carbocycles. The number of hydrogen-bond donors (Lipinski definition) is 1. The molecule has 0 aromatic rings. The van der Waals surface area contributed by atoms with Gasteiger partial charge >= 0.3 is 5.97 Å². The number of esters is 1. The lowest BCUT2D eigenvalue weighted by Crippen LogP contribution is -2.32. The van der Waals surface area contributed by atoms with Crippen LogP contribution in [0.2, 0.25) is 0 Å². The van der Waals surface area contributed by atoms with Crippen molar-refractivity contribution in [1.82, 2.24) is 5.32 Å². The maximum atomic E-state index is 11.3. The summed E-state index contributed by atoms with van der Waals surface area (Å²) in [5, 5.41) is 3.09. The van der Waals surface area contributed by atoms with E-state index in [-0.39, 0.29) is 12.0 Å². The smallest absolute Gasteiger partial charge is 0.323 e. The Morgan fingerprint density at radius 1 is 1.54 bits per heavy atom. The Hall–Kier alpha value is -0.610. The molecule has 0 aromatic heterocycles. The first kappa shape index (κ1) is 10.5. The van der Waals surface area contributed by atoms with E-state index < -0.39 is 0 Å². The molecule has 1 fully saturated rings. The molecule has 0 aliphatic carbocycles. The number of methoxy groups -OCH3 is 1. The van der Waals surface area contributed by atoms with Gasteiger partial charge in [0.15, 0.2) is 0 Å². The maximum absolute atomic E-state index is 11.3. The van der Waals surface area contributed by atoms with Crippen molar-refractivity contribution in [2.45, 2.75) is 25.3 Å². The topological polar surface area (TPSA) is 47.6 Å². The Balaban J connectivity index is 2.03. The molecule has 0 unspecified atom stereocenters. The monoisotopic (exact) mass is 187 g/mol. The first-order chi connectivity index (χ1) is 6.34. The predicted octanol–water partition coefficient (Wildman–Crippen LogP) is 0.318. The summed E-state index contributed by atoms with van der Waals surface area (Å²) in [5.41, 5.74) is 0. The van der Waals surface area contributed by atoms with Crippen LogP contribution in [-0.2, 0) is 14.3 Å². The van der Waals surface area contributed by atoms with Gasteiger partial charge in [-0.05, 0) is 19.4 Å². The summed E-state index contributed by atoms with van der Waals surface area (Å²) in [6.45, 7) is 2.04. The van der Waals surface area contributed by atoms with Crippen LogP contribution in [0.4, 0.5) is 0 Å². The number of carbonyl (C=O) groups is 1. The number of carbonyl (C=O) groups excluding carboxylic acids is 1. The zero-order chi connectivity index (χ0) is 9.52. The van der Waals surface area contributed by atoms with E-state index in [4.69, 9.17) is 9.47 Å². The van der Waals surface area contributed by atoms with Gasteiger partial charge in [-0.3, -0.25) is 4.79 Å². The van der Waals surface area contributed by atoms with Crippen molar-refractivity contribution >= 4 is 5.97 Å². The number of rotatable bonds is 5. The quantitative estimate of drug-likeness (QED) is 0.497. The Morgan fingerprint density at radius 2 is 2.38 bits per heavy atom. The average molecular weight is 187 g/mol. The molecule has 1 N–H and O–H groups in total. The lowest BCUT2D eigenvalue weighted by molar-refractivity contribution is -0.146. The minimum absolute atomic E-state index is 0.0671. The summed E-state index contributed by atoms with van der Waals surface area (Å²) in [6.07, 6.45) is 2.75. The van der Waals surface area contributed by atoms with Crippen LogP contribution in [0.3, 0.4) is 0 Å². The number of hydrogen-bond acceptors (Lipinski definition) is 4. The van der Waals surface area contributed by atoms with E-state index >= 15 is 0 Å². The standard InChI is InChI=1S/C9H17NO3/c1-12-6-3-7-13-9(11)8-4-2-5-10-8/h8,10H,2-7H2,1H3/t8-/m0/s1. The van der Waals surface area contributed by atoms with Gasteiger partial charge in [-0.25, -0.2) is 0 Å². The largest absolute Gasteiger partial charge is 0.464 e. The van der Waals surface area contributed by atoms with E-state index in [9.17, 15) is 4.79 Å². The normalized spacial score (nSPS) is 21.8.